The van der Waals surface area contributed by atoms with Gasteiger partial charge in [-0.15, -0.1) is 0 Å². The Hall–Kier alpha value is -2.73. The van der Waals surface area contributed by atoms with Gasteiger partial charge in [0.25, 0.3) is 0 Å². The number of carbonyl (C=O) groups excluding carboxylic acids is 1. The highest BCUT2D eigenvalue weighted by Crippen LogP contribution is 2.18. The molecule has 0 unspecified atom stereocenters. The number of carbonyl (C=O) groups is 1. The first-order valence-electron chi connectivity index (χ1n) is 8.14. The summed E-state index contributed by atoms with van der Waals surface area (Å²) >= 11 is 5.86. The maximum atomic E-state index is 12.9. The number of hydrogen-bond acceptors (Lipinski definition) is 4. The molecule has 2 aromatic carbocycles. The Balaban J connectivity index is 1.53. The molecule has 0 fully saturated rings. The molecule has 26 heavy (non-hydrogen) atoms. The van der Waals surface area contributed by atoms with Gasteiger partial charge < -0.3 is 9.84 Å². The third-order valence-corrected chi connectivity index (χ3v) is 4.14. The van der Waals surface area contributed by atoms with Crippen molar-refractivity contribution in [3.8, 4) is 11.4 Å². The second-order valence-corrected chi connectivity index (χ2v) is 6.30. The van der Waals surface area contributed by atoms with Crippen molar-refractivity contribution in [3.05, 3.63) is 70.8 Å². The Bertz CT molecular complexity index is 879. The first-order chi connectivity index (χ1) is 12.5. The fourth-order valence-corrected chi connectivity index (χ4v) is 2.57. The number of halogens is 2. The molecule has 1 amide bonds. The molecule has 7 heteroatoms. The van der Waals surface area contributed by atoms with Crippen LogP contribution in [-0.2, 0) is 11.2 Å². The fourth-order valence-electron chi connectivity index (χ4n) is 2.44. The quantitative estimate of drug-likeness (QED) is 0.698. The molecule has 1 aromatic heterocycles. The van der Waals surface area contributed by atoms with Gasteiger partial charge in [0.2, 0.25) is 17.6 Å². The zero-order chi connectivity index (χ0) is 18.5. The molecule has 0 bridgehead atoms. The van der Waals surface area contributed by atoms with Gasteiger partial charge in [-0.2, -0.15) is 4.98 Å². The van der Waals surface area contributed by atoms with E-state index in [0.717, 1.165) is 5.56 Å². The van der Waals surface area contributed by atoms with Crippen LogP contribution in [0, 0.1) is 5.82 Å². The molecule has 0 spiro atoms. The predicted molar refractivity (Wildman–Crippen MR) is 96.0 cm³/mol. The van der Waals surface area contributed by atoms with Crippen molar-refractivity contribution >= 4 is 17.5 Å². The summed E-state index contributed by atoms with van der Waals surface area (Å²) in [6, 6.07) is 13.0. The number of hydrogen-bond donors (Lipinski definition) is 1. The summed E-state index contributed by atoms with van der Waals surface area (Å²) in [7, 11) is 0. The van der Waals surface area contributed by atoms with Crippen molar-refractivity contribution in [2.75, 3.05) is 0 Å². The molecule has 5 nitrogen and oxygen atoms in total. The second-order valence-electron chi connectivity index (χ2n) is 5.86. The molecular weight excluding hydrogens is 357 g/mol. The standard InChI is InChI=1S/C19H17ClFN3O2/c1-12(13-2-6-15(20)7-3-13)22-17(25)10-11-18-23-19(24-26-18)14-4-8-16(21)9-5-14/h2-9,12H,10-11H2,1H3,(H,22,25)/t12-/m1/s1. The van der Waals surface area contributed by atoms with Crippen LogP contribution in [0.3, 0.4) is 0 Å². The summed E-state index contributed by atoms with van der Waals surface area (Å²) in [6.07, 6.45) is 0.552. The lowest BCUT2D eigenvalue weighted by molar-refractivity contribution is -0.121. The minimum absolute atomic E-state index is 0.117. The highest BCUT2D eigenvalue weighted by Gasteiger charge is 2.13. The number of aromatic nitrogens is 2. The monoisotopic (exact) mass is 373 g/mol. The van der Waals surface area contributed by atoms with E-state index in [9.17, 15) is 9.18 Å². The van der Waals surface area contributed by atoms with E-state index in [1.807, 2.05) is 19.1 Å². The van der Waals surface area contributed by atoms with Crippen LogP contribution in [0.5, 0.6) is 0 Å². The van der Waals surface area contributed by atoms with Crippen molar-refractivity contribution < 1.29 is 13.7 Å². The number of amides is 1. The summed E-state index contributed by atoms with van der Waals surface area (Å²) in [5.74, 6) is 0.284. The molecule has 0 radical (unpaired) electrons. The number of nitrogens with zero attached hydrogens (tertiary/aromatic N) is 2. The Morgan fingerprint density at radius 1 is 1.19 bits per heavy atom. The average Bonchev–Trinajstić information content (AvgIpc) is 3.10. The van der Waals surface area contributed by atoms with Crippen LogP contribution in [0.15, 0.2) is 53.1 Å². The van der Waals surface area contributed by atoms with Crippen LogP contribution in [0.4, 0.5) is 4.39 Å². The summed E-state index contributed by atoms with van der Waals surface area (Å²) in [4.78, 5) is 16.3. The highest BCUT2D eigenvalue weighted by molar-refractivity contribution is 6.30. The summed E-state index contributed by atoms with van der Waals surface area (Å²) in [5, 5.41) is 7.43. The van der Waals surface area contributed by atoms with Crippen LogP contribution in [-0.4, -0.2) is 16.0 Å². The topological polar surface area (TPSA) is 68.0 Å². The van der Waals surface area contributed by atoms with Gasteiger partial charge in [0.05, 0.1) is 6.04 Å². The zero-order valence-electron chi connectivity index (χ0n) is 14.1. The van der Waals surface area contributed by atoms with Crippen molar-refractivity contribution in [1.82, 2.24) is 15.5 Å². The van der Waals surface area contributed by atoms with Crippen molar-refractivity contribution in [3.63, 3.8) is 0 Å². The second kappa shape index (κ2) is 8.10. The molecule has 1 heterocycles. The average molecular weight is 374 g/mol. The van der Waals surface area contributed by atoms with Gasteiger partial charge in [-0.3, -0.25) is 4.79 Å². The van der Waals surface area contributed by atoms with Crippen molar-refractivity contribution in [2.45, 2.75) is 25.8 Å². The highest BCUT2D eigenvalue weighted by atomic mass is 35.5. The lowest BCUT2D eigenvalue weighted by Crippen LogP contribution is -2.26. The van der Waals surface area contributed by atoms with Gasteiger partial charge in [-0.05, 0) is 48.9 Å². The molecule has 3 aromatic rings. The van der Waals surface area contributed by atoms with E-state index >= 15 is 0 Å². The lowest BCUT2D eigenvalue weighted by Gasteiger charge is -2.14. The first-order valence-corrected chi connectivity index (χ1v) is 8.52. The van der Waals surface area contributed by atoms with Crippen LogP contribution >= 0.6 is 11.6 Å². The lowest BCUT2D eigenvalue weighted by atomic mass is 10.1. The smallest absolute Gasteiger partial charge is 0.227 e. The number of benzene rings is 2. The van der Waals surface area contributed by atoms with Crippen molar-refractivity contribution in [2.24, 2.45) is 0 Å². The Morgan fingerprint density at radius 2 is 1.88 bits per heavy atom. The summed E-state index contributed by atoms with van der Waals surface area (Å²) < 4.78 is 18.1. The third kappa shape index (κ3) is 4.67. The molecule has 1 atom stereocenters. The maximum absolute atomic E-state index is 12.9. The Kier molecular flexibility index (Phi) is 5.63. The Morgan fingerprint density at radius 3 is 2.58 bits per heavy atom. The Labute approximate surface area is 155 Å². The van der Waals surface area contributed by atoms with E-state index in [1.54, 1.807) is 24.3 Å². The predicted octanol–water partition coefficient (Wildman–Crippen LogP) is 4.34. The zero-order valence-corrected chi connectivity index (χ0v) is 14.8. The van der Waals surface area contributed by atoms with Gasteiger partial charge in [0, 0.05) is 23.4 Å². The van der Waals surface area contributed by atoms with Gasteiger partial charge in [-0.25, -0.2) is 4.39 Å². The van der Waals surface area contributed by atoms with E-state index in [0.29, 0.717) is 28.7 Å². The minimum atomic E-state index is -0.330. The summed E-state index contributed by atoms with van der Waals surface area (Å²) in [5.41, 5.74) is 1.63. The van der Waals surface area contributed by atoms with Crippen molar-refractivity contribution in [1.29, 1.82) is 0 Å². The molecular formula is C19H17ClFN3O2. The number of rotatable bonds is 6. The van der Waals surface area contributed by atoms with Crippen LogP contribution in [0.2, 0.25) is 5.02 Å². The molecule has 0 aliphatic rings. The van der Waals surface area contributed by atoms with E-state index in [-0.39, 0.29) is 24.2 Å². The van der Waals surface area contributed by atoms with Crippen LogP contribution in [0.1, 0.15) is 30.8 Å². The van der Waals surface area contributed by atoms with Gasteiger partial charge in [0.15, 0.2) is 0 Å². The molecule has 0 saturated heterocycles. The third-order valence-electron chi connectivity index (χ3n) is 3.88. The molecule has 1 N–H and O–H groups in total. The molecule has 0 aliphatic heterocycles. The summed E-state index contributed by atoms with van der Waals surface area (Å²) in [6.45, 7) is 1.90. The number of aryl methyl sites for hydroxylation is 1. The fraction of sp³-hybridized carbons (Fsp3) is 0.211. The van der Waals surface area contributed by atoms with Gasteiger partial charge in [-0.1, -0.05) is 28.9 Å². The maximum Gasteiger partial charge on any atom is 0.227 e. The minimum Gasteiger partial charge on any atom is -0.350 e. The van der Waals surface area contributed by atoms with E-state index in [4.69, 9.17) is 16.1 Å². The van der Waals surface area contributed by atoms with Crippen LogP contribution in [0.25, 0.3) is 11.4 Å². The SMILES string of the molecule is C[C@@H](NC(=O)CCc1nc(-c2ccc(F)cc2)no1)c1ccc(Cl)cc1. The molecule has 3 rings (SSSR count). The van der Waals surface area contributed by atoms with E-state index < -0.39 is 0 Å². The number of nitrogens with one attached hydrogen (secondary N) is 1. The van der Waals surface area contributed by atoms with Gasteiger partial charge in [0.1, 0.15) is 5.82 Å². The molecule has 0 saturated carbocycles. The molecule has 134 valence electrons. The normalized spacial score (nSPS) is 12.0. The van der Waals surface area contributed by atoms with E-state index in [1.165, 1.54) is 12.1 Å². The van der Waals surface area contributed by atoms with Crippen LogP contribution < -0.4 is 5.32 Å². The first kappa shape index (κ1) is 18.1. The molecule has 0 aliphatic carbocycles. The largest absolute Gasteiger partial charge is 0.350 e. The van der Waals surface area contributed by atoms with Gasteiger partial charge >= 0.3 is 0 Å². The van der Waals surface area contributed by atoms with E-state index in [2.05, 4.69) is 15.5 Å².